The summed E-state index contributed by atoms with van der Waals surface area (Å²) in [6.07, 6.45) is -35.5. The van der Waals surface area contributed by atoms with Crippen LogP contribution in [0.15, 0.2) is 0 Å². The van der Waals surface area contributed by atoms with Crippen molar-refractivity contribution in [3.05, 3.63) is 0 Å². The van der Waals surface area contributed by atoms with E-state index in [2.05, 4.69) is 27.7 Å². The monoisotopic (exact) mass is 1590 g/mol. The van der Waals surface area contributed by atoms with Crippen LogP contribution in [0.3, 0.4) is 0 Å². The molecule has 0 aromatic heterocycles. The quantitative estimate of drug-likeness (QED) is 0.0256. The van der Waals surface area contributed by atoms with Crippen molar-refractivity contribution in [3.8, 4) is 0 Å². The van der Waals surface area contributed by atoms with Crippen LogP contribution in [0.2, 0.25) is 0 Å². The normalized spacial score (nSPS) is 38.2. The minimum atomic E-state index is -2.16. The predicted molar refractivity (Wildman–Crippen MR) is 377 cm³/mol. The molecule has 644 valence electrons. The molecule has 0 radical (unpaired) electrons. The van der Waals surface area contributed by atoms with Gasteiger partial charge in [0.05, 0.1) is 91.3 Å². The molecule has 36 heteroatoms. The van der Waals surface area contributed by atoms with Crippen LogP contribution in [-0.2, 0) is 71.1 Å². The molecule has 6 fully saturated rings. The zero-order chi connectivity index (χ0) is 79.9. The second-order valence-corrected chi connectivity index (χ2v) is 30.5. The van der Waals surface area contributed by atoms with E-state index in [0.29, 0.717) is 13.2 Å². The van der Waals surface area contributed by atoms with Gasteiger partial charge in [0.15, 0.2) is 37.7 Å². The van der Waals surface area contributed by atoms with Gasteiger partial charge in [-0.15, -0.1) is 0 Å². The first-order valence-corrected chi connectivity index (χ1v) is 39.7. The van der Waals surface area contributed by atoms with E-state index >= 15 is 0 Å². The Morgan fingerprint density at radius 3 is 0.743 bits per heavy atom. The zero-order valence-corrected chi connectivity index (χ0v) is 63.8. The van der Waals surface area contributed by atoms with Gasteiger partial charge in [-0.05, 0) is 37.5 Å². The van der Waals surface area contributed by atoms with E-state index in [9.17, 15) is 107 Å². The highest BCUT2D eigenvalue weighted by molar-refractivity contribution is 4.99. The first-order chi connectivity index (χ1) is 52.3. The van der Waals surface area contributed by atoms with Crippen molar-refractivity contribution in [1.29, 1.82) is 0 Å². The Hall–Kier alpha value is -1.44. The lowest BCUT2D eigenvalue weighted by molar-refractivity contribution is -0.370. The fourth-order valence-corrected chi connectivity index (χ4v) is 14.6. The second kappa shape index (κ2) is 50.4. The molecule has 0 aromatic rings. The molecule has 0 amide bonds. The summed E-state index contributed by atoms with van der Waals surface area (Å²) in [4.78, 5) is 0. The first-order valence-electron chi connectivity index (χ1n) is 39.7. The molecule has 6 aliphatic heterocycles. The van der Waals surface area contributed by atoms with Gasteiger partial charge in [-0.3, -0.25) is 0 Å². The molecule has 0 bridgehead atoms. The van der Waals surface area contributed by atoms with E-state index in [0.717, 1.165) is 128 Å². The molecule has 6 heterocycles. The zero-order valence-electron chi connectivity index (χ0n) is 63.8. The molecule has 13 unspecified atom stereocenters. The molecule has 6 rings (SSSR count). The van der Waals surface area contributed by atoms with E-state index in [4.69, 9.17) is 71.1 Å². The Balaban J connectivity index is 1.39. The molecule has 6 saturated heterocycles. The van der Waals surface area contributed by atoms with Gasteiger partial charge in [0, 0.05) is 19.1 Å². The highest BCUT2D eigenvalue weighted by atomic mass is 16.8. The summed E-state index contributed by atoms with van der Waals surface area (Å²) in [6, 6.07) is 0. The lowest BCUT2D eigenvalue weighted by Gasteiger charge is -2.47. The Labute approximate surface area is 638 Å². The van der Waals surface area contributed by atoms with Gasteiger partial charge in [0.25, 0.3) is 0 Å². The standard InChI is InChI=1S/C73H136O36/c1-5-9-13-17-21-40(22-18-14-10-6-2)31-95-33-42(34-96-32-41(23-19-15-11-7-3)24-20-16-12-8-4)35-97-36-73(37-98-67-61(92)55(86)64(46(28-77)104-67)107-70-58(89)52(83)49(80)43(25-74)101-70,38-99-68-62(93)56(87)65(47(29-78)105-68)108-71-59(90)53(84)50(81)44(26-75)102-71)39-100-69-63(94)57(88)66(48(30-79)106-69)109-72-60(91)54(85)51(82)45(27-76)103-72/h40-72,74-94H,5-39H2,1-4H3/t43?,44?,45?,46?,47?,48?,49-,50-,51-,52+,53+,54?,55-,56-,57-,58?,59?,60+,61?,62?,63?,64-,65+,66-,67-,68-,69-,70-,71-,72-,73?/m1/s1. The van der Waals surface area contributed by atoms with Gasteiger partial charge in [0.2, 0.25) is 0 Å². The maximum absolute atomic E-state index is 11.9. The Morgan fingerprint density at radius 1 is 0.248 bits per heavy atom. The maximum Gasteiger partial charge on any atom is 0.187 e. The highest BCUT2D eigenvalue weighted by Crippen LogP contribution is 2.37. The van der Waals surface area contributed by atoms with Crippen molar-refractivity contribution < 1.29 is 178 Å². The third-order valence-electron chi connectivity index (χ3n) is 21.6. The van der Waals surface area contributed by atoms with E-state index in [1.54, 1.807) is 0 Å². The van der Waals surface area contributed by atoms with Crippen LogP contribution in [0.25, 0.3) is 0 Å². The van der Waals surface area contributed by atoms with Crippen molar-refractivity contribution in [1.82, 2.24) is 0 Å². The van der Waals surface area contributed by atoms with Gasteiger partial charge < -0.3 is 178 Å². The number of ether oxygens (including phenoxy) is 15. The van der Waals surface area contributed by atoms with Crippen molar-refractivity contribution in [2.45, 2.75) is 340 Å². The van der Waals surface area contributed by atoms with Gasteiger partial charge in [0.1, 0.15) is 146 Å². The largest absolute Gasteiger partial charge is 0.394 e. The summed E-state index contributed by atoms with van der Waals surface area (Å²) >= 11 is 0. The minimum Gasteiger partial charge on any atom is -0.394 e. The predicted octanol–water partition coefficient (Wildman–Crippen LogP) is -4.33. The average Bonchev–Trinajstić information content (AvgIpc) is 0.791. The van der Waals surface area contributed by atoms with Gasteiger partial charge in [-0.2, -0.15) is 0 Å². The van der Waals surface area contributed by atoms with Crippen molar-refractivity contribution in [2.75, 3.05) is 99.1 Å². The molecular formula is C73H136O36. The summed E-state index contributed by atoms with van der Waals surface area (Å²) in [7, 11) is 0. The number of aliphatic hydroxyl groups excluding tert-OH is 21. The second-order valence-electron chi connectivity index (χ2n) is 30.5. The van der Waals surface area contributed by atoms with Gasteiger partial charge in [-0.1, -0.05) is 130 Å². The summed E-state index contributed by atoms with van der Waals surface area (Å²) in [5, 5.41) is 229. The van der Waals surface area contributed by atoms with Gasteiger partial charge in [-0.25, -0.2) is 0 Å². The molecular weight excluding hydrogens is 1450 g/mol. The number of hydrogen-bond donors (Lipinski definition) is 21. The molecule has 0 spiro atoms. The van der Waals surface area contributed by atoms with Crippen molar-refractivity contribution >= 4 is 0 Å². The summed E-state index contributed by atoms with van der Waals surface area (Å²) in [5.74, 6) is 0.0166. The number of hydrogen-bond acceptors (Lipinski definition) is 36. The van der Waals surface area contributed by atoms with Crippen LogP contribution in [0, 0.1) is 23.2 Å². The molecule has 31 atom stereocenters. The van der Waals surface area contributed by atoms with Gasteiger partial charge >= 0.3 is 0 Å². The molecule has 21 N–H and O–H groups in total. The number of rotatable bonds is 53. The third kappa shape index (κ3) is 28.1. The van der Waals surface area contributed by atoms with E-state index < -0.39 is 262 Å². The molecule has 0 aliphatic carbocycles. The van der Waals surface area contributed by atoms with E-state index in [1.807, 2.05) is 0 Å². The van der Waals surface area contributed by atoms with Crippen LogP contribution in [0.4, 0.5) is 0 Å². The van der Waals surface area contributed by atoms with Crippen LogP contribution in [0.5, 0.6) is 0 Å². The summed E-state index contributed by atoms with van der Waals surface area (Å²) < 4.78 is 91.3. The molecule has 0 saturated carbocycles. The van der Waals surface area contributed by atoms with Crippen LogP contribution in [-0.4, -0.2) is 391 Å². The average molecular weight is 1590 g/mol. The fraction of sp³-hybridized carbons (Fsp3) is 1.00. The minimum absolute atomic E-state index is 0.141. The SMILES string of the molecule is CCCCCCC(CCCCCC)COCC(COCC(CCCCCC)CCCCCC)COCC(CO[C@@H]1OC(CO)[C@@H](O[C@H]2OC(CO)[C@@H](O)[C@H](O)C2O)[C@H](O)C1O)(CO[C@@H]1OC(CO)[C@@H](O[C@H]2OC(CO)[C@@H](O)C(O)[C@@H]2O)[C@H](O)C1O)CO[C@@H]1OC(CO)[C@H](O[C@H]2OC(CO)[C@@H](O)[C@H](O)C2O)[C@H](O)C1O. The summed E-state index contributed by atoms with van der Waals surface area (Å²) in [5.41, 5.74) is -2.00. The maximum atomic E-state index is 11.9. The lowest BCUT2D eigenvalue weighted by atomic mass is 9.91. The summed E-state index contributed by atoms with van der Waals surface area (Å²) in [6.45, 7) is 1.03. The highest BCUT2D eigenvalue weighted by Gasteiger charge is 2.56. The lowest BCUT2D eigenvalue weighted by Crippen LogP contribution is -2.65. The van der Waals surface area contributed by atoms with Crippen molar-refractivity contribution in [3.63, 3.8) is 0 Å². The number of aliphatic hydroxyl groups is 21. The molecule has 0 aromatic carbocycles. The van der Waals surface area contributed by atoms with Crippen molar-refractivity contribution in [2.24, 2.45) is 23.2 Å². The van der Waals surface area contributed by atoms with E-state index in [-0.39, 0.29) is 31.7 Å². The Kier molecular flexibility index (Phi) is 44.5. The first kappa shape index (κ1) is 96.4. The Morgan fingerprint density at radius 2 is 0.486 bits per heavy atom. The van der Waals surface area contributed by atoms with E-state index in [1.165, 1.54) is 0 Å². The van der Waals surface area contributed by atoms with Crippen LogP contribution < -0.4 is 0 Å². The third-order valence-corrected chi connectivity index (χ3v) is 21.6. The molecule has 6 aliphatic rings. The topological polar surface area (TPSA) is 563 Å². The van der Waals surface area contributed by atoms with Crippen LogP contribution in [0.1, 0.15) is 156 Å². The number of unbranched alkanes of at least 4 members (excludes halogenated alkanes) is 12. The fourth-order valence-electron chi connectivity index (χ4n) is 14.6. The molecule has 109 heavy (non-hydrogen) atoms. The molecule has 36 nitrogen and oxygen atoms in total. The van der Waals surface area contributed by atoms with Crippen LogP contribution >= 0.6 is 0 Å². The smallest absolute Gasteiger partial charge is 0.187 e. The Bertz CT molecular complexity index is 2100.